The minimum Gasteiger partial charge on any atom is -0.378 e. The Labute approximate surface area is 106 Å². The van der Waals surface area contributed by atoms with Crippen molar-refractivity contribution in [3.8, 4) is 0 Å². The molecule has 0 aliphatic carbocycles. The van der Waals surface area contributed by atoms with Crippen LogP contribution in [0.1, 0.15) is 38.5 Å². The Morgan fingerprint density at radius 1 is 1.38 bits per heavy atom. The maximum absolute atomic E-state index is 12.0. The summed E-state index contributed by atoms with van der Waals surface area (Å²) in [5.41, 5.74) is 0. The van der Waals surface area contributed by atoms with Crippen LogP contribution in [0.5, 0.6) is 0 Å². The molecule has 2 fully saturated rings. The second-order valence-electron chi connectivity index (χ2n) is 4.71. The molecule has 92 valence electrons. The van der Waals surface area contributed by atoms with Crippen molar-refractivity contribution in [1.29, 1.82) is 0 Å². The summed E-state index contributed by atoms with van der Waals surface area (Å²) >= 11 is 3.48. The molecule has 4 heteroatoms. The number of carbonyl (C=O) groups is 1. The van der Waals surface area contributed by atoms with Gasteiger partial charge in [-0.25, -0.2) is 0 Å². The van der Waals surface area contributed by atoms with Crippen LogP contribution in [0, 0.1) is 0 Å². The van der Waals surface area contributed by atoms with Crippen LogP contribution in [0.4, 0.5) is 0 Å². The fraction of sp³-hybridized carbons (Fsp3) is 0.917. The second kappa shape index (κ2) is 6.01. The van der Waals surface area contributed by atoms with E-state index in [9.17, 15) is 4.79 Å². The molecule has 3 nitrogen and oxygen atoms in total. The molecule has 2 aliphatic heterocycles. The van der Waals surface area contributed by atoms with E-state index in [2.05, 4.69) is 15.9 Å². The van der Waals surface area contributed by atoms with Crippen LogP contribution in [0.3, 0.4) is 0 Å². The monoisotopic (exact) mass is 289 g/mol. The van der Waals surface area contributed by atoms with Gasteiger partial charge in [0.05, 0.1) is 6.10 Å². The molecule has 0 N–H and O–H groups in total. The average molecular weight is 290 g/mol. The van der Waals surface area contributed by atoms with Gasteiger partial charge >= 0.3 is 0 Å². The number of halogens is 1. The van der Waals surface area contributed by atoms with Crippen molar-refractivity contribution in [3.05, 3.63) is 0 Å². The minimum absolute atomic E-state index is 0.317. The van der Waals surface area contributed by atoms with E-state index in [0.717, 1.165) is 50.6 Å². The zero-order chi connectivity index (χ0) is 11.4. The molecule has 2 heterocycles. The van der Waals surface area contributed by atoms with Crippen LogP contribution in [0.15, 0.2) is 0 Å². The first-order chi connectivity index (χ1) is 7.81. The summed E-state index contributed by atoms with van der Waals surface area (Å²) in [4.78, 5) is 14.1. The molecular weight excluding hydrogens is 270 g/mol. The number of rotatable bonds is 4. The fourth-order valence-corrected chi connectivity index (χ4v) is 3.30. The molecule has 0 saturated carbocycles. The zero-order valence-electron chi connectivity index (χ0n) is 9.66. The largest absolute Gasteiger partial charge is 0.378 e. The molecule has 2 aliphatic rings. The van der Waals surface area contributed by atoms with Gasteiger partial charge in [-0.1, -0.05) is 15.9 Å². The van der Waals surface area contributed by atoms with Gasteiger partial charge in [-0.2, -0.15) is 0 Å². The lowest BCUT2D eigenvalue weighted by Gasteiger charge is -2.23. The van der Waals surface area contributed by atoms with E-state index >= 15 is 0 Å². The van der Waals surface area contributed by atoms with Gasteiger partial charge in [0, 0.05) is 30.9 Å². The van der Waals surface area contributed by atoms with Crippen molar-refractivity contribution in [1.82, 2.24) is 4.90 Å². The van der Waals surface area contributed by atoms with Crippen molar-refractivity contribution in [3.63, 3.8) is 0 Å². The van der Waals surface area contributed by atoms with Gasteiger partial charge in [0.25, 0.3) is 0 Å². The third-order valence-corrected chi connectivity index (χ3v) is 4.33. The molecular formula is C12H20BrNO2. The summed E-state index contributed by atoms with van der Waals surface area (Å²) in [5.74, 6) is 0.317. The maximum Gasteiger partial charge on any atom is 0.222 e. The SMILES string of the molecule is O=C(CCC1CCCO1)N1CCCC1CBr. The highest BCUT2D eigenvalue weighted by molar-refractivity contribution is 9.09. The van der Waals surface area contributed by atoms with Crippen LogP contribution in [0.25, 0.3) is 0 Å². The number of likely N-dealkylation sites (tertiary alicyclic amines) is 1. The molecule has 2 atom stereocenters. The summed E-state index contributed by atoms with van der Waals surface area (Å²) in [6.45, 7) is 1.83. The molecule has 0 aromatic rings. The molecule has 0 bridgehead atoms. The van der Waals surface area contributed by atoms with Crippen LogP contribution >= 0.6 is 15.9 Å². The van der Waals surface area contributed by atoms with Gasteiger partial charge in [-0.05, 0) is 32.1 Å². The number of amides is 1. The van der Waals surface area contributed by atoms with Gasteiger partial charge < -0.3 is 9.64 Å². The third-order valence-electron chi connectivity index (χ3n) is 3.58. The Balaban J connectivity index is 1.74. The standard InChI is InChI=1S/C12H20BrNO2/c13-9-10-3-1-7-14(10)12(15)6-5-11-4-2-8-16-11/h10-11H,1-9H2. The lowest BCUT2D eigenvalue weighted by Crippen LogP contribution is -2.36. The second-order valence-corrected chi connectivity index (χ2v) is 5.36. The van der Waals surface area contributed by atoms with Gasteiger partial charge in [0.15, 0.2) is 0 Å². The van der Waals surface area contributed by atoms with E-state index in [1.165, 1.54) is 0 Å². The van der Waals surface area contributed by atoms with Crippen LogP contribution in [0.2, 0.25) is 0 Å². The van der Waals surface area contributed by atoms with E-state index in [1.807, 2.05) is 4.90 Å². The number of carbonyl (C=O) groups excluding carboxylic acids is 1. The quantitative estimate of drug-likeness (QED) is 0.744. The average Bonchev–Trinajstić information content (AvgIpc) is 2.96. The Bertz CT molecular complexity index is 241. The molecule has 0 aromatic carbocycles. The van der Waals surface area contributed by atoms with Gasteiger partial charge in [0.2, 0.25) is 5.91 Å². The van der Waals surface area contributed by atoms with Crippen LogP contribution in [-0.4, -0.2) is 41.4 Å². The first-order valence-corrected chi connectivity index (χ1v) is 7.40. The number of hydrogen-bond donors (Lipinski definition) is 0. The first-order valence-electron chi connectivity index (χ1n) is 6.28. The normalized spacial score (nSPS) is 29.9. The summed E-state index contributed by atoms with van der Waals surface area (Å²) in [5, 5.41) is 0.915. The number of ether oxygens (including phenoxy) is 1. The lowest BCUT2D eigenvalue weighted by atomic mass is 10.1. The molecule has 2 unspecified atom stereocenters. The summed E-state index contributed by atoms with van der Waals surface area (Å²) in [6, 6.07) is 0.428. The Morgan fingerprint density at radius 2 is 2.25 bits per heavy atom. The summed E-state index contributed by atoms with van der Waals surface area (Å²) < 4.78 is 5.54. The smallest absolute Gasteiger partial charge is 0.222 e. The predicted octanol–water partition coefficient (Wildman–Crippen LogP) is 2.33. The molecule has 1 amide bonds. The van der Waals surface area contributed by atoms with Crippen LogP contribution < -0.4 is 0 Å². The fourth-order valence-electron chi connectivity index (χ4n) is 2.62. The molecule has 16 heavy (non-hydrogen) atoms. The van der Waals surface area contributed by atoms with Gasteiger partial charge in [0.1, 0.15) is 0 Å². The van der Waals surface area contributed by atoms with Crippen molar-refractivity contribution in [2.24, 2.45) is 0 Å². The number of alkyl halides is 1. The third kappa shape index (κ3) is 2.98. The highest BCUT2D eigenvalue weighted by Crippen LogP contribution is 2.22. The van der Waals surface area contributed by atoms with Gasteiger partial charge in [-0.15, -0.1) is 0 Å². The molecule has 0 radical (unpaired) electrons. The molecule has 2 rings (SSSR count). The highest BCUT2D eigenvalue weighted by atomic mass is 79.9. The highest BCUT2D eigenvalue weighted by Gasteiger charge is 2.28. The Morgan fingerprint density at radius 3 is 2.94 bits per heavy atom. The maximum atomic E-state index is 12.0. The summed E-state index contributed by atoms with van der Waals surface area (Å²) in [7, 11) is 0. The Hall–Kier alpha value is -0.0900. The molecule has 2 saturated heterocycles. The van der Waals surface area contributed by atoms with Crippen molar-refractivity contribution in [2.75, 3.05) is 18.5 Å². The van der Waals surface area contributed by atoms with Crippen molar-refractivity contribution < 1.29 is 9.53 Å². The van der Waals surface area contributed by atoms with Crippen molar-refractivity contribution >= 4 is 21.8 Å². The Kier molecular flexibility index (Phi) is 4.65. The van der Waals surface area contributed by atoms with E-state index in [4.69, 9.17) is 4.74 Å². The van der Waals surface area contributed by atoms with Crippen LogP contribution in [-0.2, 0) is 9.53 Å². The van der Waals surface area contributed by atoms with E-state index in [0.29, 0.717) is 24.5 Å². The predicted molar refractivity (Wildman–Crippen MR) is 66.7 cm³/mol. The minimum atomic E-state index is 0.317. The molecule has 0 spiro atoms. The number of nitrogens with zero attached hydrogens (tertiary/aromatic N) is 1. The van der Waals surface area contributed by atoms with E-state index < -0.39 is 0 Å². The zero-order valence-corrected chi connectivity index (χ0v) is 11.2. The lowest BCUT2D eigenvalue weighted by molar-refractivity contribution is -0.132. The van der Waals surface area contributed by atoms with E-state index in [-0.39, 0.29) is 0 Å². The topological polar surface area (TPSA) is 29.5 Å². The van der Waals surface area contributed by atoms with Crippen molar-refractivity contribution in [2.45, 2.75) is 50.7 Å². The summed E-state index contributed by atoms with van der Waals surface area (Å²) in [6.07, 6.45) is 6.51. The van der Waals surface area contributed by atoms with E-state index in [1.54, 1.807) is 0 Å². The molecule has 0 aromatic heterocycles. The number of hydrogen-bond acceptors (Lipinski definition) is 2. The first kappa shape index (κ1) is 12.4. The van der Waals surface area contributed by atoms with Gasteiger partial charge in [-0.3, -0.25) is 4.79 Å².